The third-order valence-electron chi connectivity index (χ3n) is 3.98. The Labute approximate surface area is 138 Å². The van der Waals surface area contributed by atoms with E-state index >= 15 is 0 Å². The number of benzene rings is 1. The summed E-state index contributed by atoms with van der Waals surface area (Å²) in [6.07, 6.45) is 5.32. The van der Waals surface area contributed by atoms with Crippen LogP contribution in [0, 0.1) is 0 Å². The molecule has 4 rings (SSSR count). The van der Waals surface area contributed by atoms with Crippen molar-refractivity contribution in [1.82, 2.24) is 15.0 Å². The second-order valence-corrected chi connectivity index (χ2v) is 5.73. The van der Waals surface area contributed by atoms with E-state index in [4.69, 9.17) is 21.3 Å². The van der Waals surface area contributed by atoms with Gasteiger partial charge in [-0.1, -0.05) is 35.9 Å². The molecule has 0 aliphatic carbocycles. The van der Waals surface area contributed by atoms with Crippen LogP contribution in [-0.2, 0) is 4.74 Å². The monoisotopic (exact) mass is 326 g/mol. The minimum Gasteiger partial charge on any atom is -0.378 e. The van der Waals surface area contributed by atoms with E-state index in [2.05, 4.69) is 14.9 Å². The van der Waals surface area contributed by atoms with Crippen LogP contribution in [0.15, 0.2) is 42.9 Å². The SMILES string of the molecule is Clc1ncc(-c2cncc(N3CCOCC3)n2)c2ccccc12. The first-order valence-electron chi connectivity index (χ1n) is 7.51. The zero-order chi connectivity index (χ0) is 15.6. The van der Waals surface area contributed by atoms with Gasteiger partial charge in [0.15, 0.2) is 0 Å². The first kappa shape index (κ1) is 14.4. The van der Waals surface area contributed by atoms with Crippen molar-refractivity contribution in [3.05, 3.63) is 48.0 Å². The fourth-order valence-corrected chi connectivity index (χ4v) is 3.01. The van der Waals surface area contributed by atoms with Crippen molar-refractivity contribution in [1.29, 1.82) is 0 Å². The number of rotatable bonds is 2. The lowest BCUT2D eigenvalue weighted by molar-refractivity contribution is 0.122. The lowest BCUT2D eigenvalue weighted by Crippen LogP contribution is -2.36. The van der Waals surface area contributed by atoms with E-state index in [0.29, 0.717) is 5.15 Å². The van der Waals surface area contributed by atoms with Gasteiger partial charge in [-0.15, -0.1) is 0 Å². The Morgan fingerprint density at radius 3 is 2.61 bits per heavy atom. The van der Waals surface area contributed by atoms with Crippen molar-refractivity contribution >= 4 is 28.2 Å². The maximum atomic E-state index is 6.20. The van der Waals surface area contributed by atoms with Crippen LogP contribution in [0.5, 0.6) is 0 Å². The number of hydrogen-bond acceptors (Lipinski definition) is 5. The van der Waals surface area contributed by atoms with Gasteiger partial charge in [0.1, 0.15) is 11.0 Å². The molecule has 2 aromatic heterocycles. The molecular weight excluding hydrogens is 312 g/mol. The van der Waals surface area contributed by atoms with Crippen LogP contribution >= 0.6 is 11.6 Å². The first-order chi connectivity index (χ1) is 11.3. The van der Waals surface area contributed by atoms with Gasteiger partial charge in [0.2, 0.25) is 0 Å². The molecule has 0 unspecified atom stereocenters. The van der Waals surface area contributed by atoms with Gasteiger partial charge in [0, 0.05) is 30.2 Å². The van der Waals surface area contributed by atoms with Gasteiger partial charge in [-0.05, 0) is 5.39 Å². The zero-order valence-electron chi connectivity index (χ0n) is 12.4. The highest BCUT2D eigenvalue weighted by Gasteiger charge is 2.15. The third-order valence-corrected chi connectivity index (χ3v) is 4.28. The Hall–Kier alpha value is -2.24. The van der Waals surface area contributed by atoms with Crippen LogP contribution in [0.1, 0.15) is 0 Å². The predicted molar refractivity (Wildman–Crippen MR) is 90.8 cm³/mol. The molecule has 0 amide bonds. The molecule has 1 aliphatic rings. The molecule has 1 aromatic carbocycles. The van der Waals surface area contributed by atoms with E-state index in [1.54, 1.807) is 18.6 Å². The topological polar surface area (TPSA) is 51.1 Å². The van der Waals surface area contributed by atoms with Gasteiger partial charge in [-0.2, -0.15) is 0 Å². The lowest BCUT2D eigenvalue weighted by atomic mass is 10.1. The lowest BCUT2D eigenvalue weighted by Gasteiger charge is -2.27. The molecule has 6 heteroatoms. The van der Waals surface area contributed by atoms with Crippen molar-refractivity contribution in [2.75, 3.05) is 31.2 Å². The zero-order valence-corrected chi connectivity index (χ0v) is 13.2. The number of halogens is 1. The van der Waals surface area contributed by atoms with E-state index in [1.165, 1.54) is 0 Å². The number of anilines is 1. The molecule has 0 spiro atoms. The molecule has 0 radical (unpaired) electrons. The third kappa shape index (κ3) is 2.73. The normalized spacial score (nSPS) is 15.1. The smallest absolute Gasteiger partial charge is 0.147 e. The number of fused-ring (bicyclic) bond motifs is 1. The Kier molecular flexibility index (Phi) is 3.81. The summed E-state index contributed by atoms with van der Waals surface area (Å²) in [5, 5.41) is 2.45. The molecule has 3 aromatic rings. The maximum Gasteiger partial charge on any atom is 0.147 e. The second kappa shape index (κ2) is 6.10. The van der Waals surface area contributed by atoms with Crippen molar-refractivity contribution in [3.8, 4) is 11.3 Å². The number of aromatic nitrogens is 3. The molecule has 0 bridgehead atoms. The second-order valence-electron chi connectivity index (χ2n) is 5.37. The summed E-state index contributed by atoms with van der Waals surface area (Å²) in [5.41, 5.74) is 1.74. The summed E-state index contributed by atoms with van der Waals surface area (Å²) < 4.78 is 5.39. The Morgan fingerprint density at radius 2 is 1.78 bits per heavy atom. The standard InChI is InChI=1S/C17H15ClN4O/c18-17-13-4-2-1-3-12(13)14(9-20-17)15-10-19-11-16(21-15)22-5-7-23-8-6-22/h1-4,9-11H,5-8H2. The quantitative estimate of drug-likeness (QED) is 0.677. The van der Waals surface area contributed by atoms with Gasteiger partial charge in [0.25, 0.3) is 0 Å². The summed E-state index contributed by atoms with van der Waals surface area (Å²) in [6.45, 7) is 3.10. The van der Waals surface area contributed by atoms with Crippen LogP contribution in [0.4, 0.5) is 5.82 Å². The van der Waals surface area contributed by atoms with E-state index in [0.717, 1.165) is 54.2 Å². The van der Waals surface area contributed by atoms with Gasteiger partial charge in [-0.3, -0.25) is 4.98 Å². The molecule has 3 heterocycles. The average Bonchev–Trinajstić information content (AvgIpc) is 2.63. The number of morpholine rings is 1. The van der Waals surface area contributed by atoms with Crippen LogP contribution in [0.2, 0.25) is 5.15 Å². The molecule has 1 fully saturated rings. The first-order valence-corrected chi connectivity index (χ1v) is 7.89. The van der Waals surface area contributed by atoms with E-state index in [-0.39, 0.29) is 0 Å². The molecule has 23 heavy (non-hydrogen) atoms. The van der Waals surface area contributed by atoms with Crippen LogP contribution in [-0.4, -0.2) is 41.3 Å². The summed E-state index contributed by atoms with van der Waals surface area (Å²) >= 11 is 6.20. The summed E-state index contributed by atoms with van der Waals surface area (Å²) in [6, 6.07) is 7.94. The van der Waals surface area contributed by atoms with Gasteiger partial charge >= 0.3 is 0 Å². The van der Waals surface area contributed by atoms with Crippen molar-refractivity contribution in [3.63, 3.8) is 0 Å². The maximum absolute atomic E-state index is 6.20. The number of pyridine rings is 1. The highest BCUT2D eigenvalue weighted by Crippen LogP contribution is 2.30. The Balaban J connectivity index is 1.80. The molecule has 1 aliphatic heterocycles. The van der Waals surface area contributed by atoms with Crippen LogP contribution in [0.3, 0.4) is 0 Å². The van der Waals surface area contributed by atoms with E-state index < -0.39 is 0 Å². The number of hydrogen-bond donors (Lipinski definition) is 0. The molecule has 0 atom stereocenters. The van der Waals surface area contributed by atoms with Crippen molar-refractivity contribution in [2.45, 2.75) is 0 Å². The average molecular weight is 327 g/mol. The number of nitrogens with zero attached hydrogens (tertiary/aromatic N) is 4. The summed E-state index contributed by atoms with van der Waals surface area (Å²) in [5.74, 6) is 0.866. The molecule has 116 valence electrons. The van der Waals surface area contributed by atoms with Crippen molar-refractivity contribution in [2.24, 2.45) is 0 Å². The van der Waals surface area contributed by atoms with Gasteiger partial charge in [0.05, 0.1) is 31.3 Å². The highest BCUT2D eigenvalue weighted by molar-refractivity contribution is 6.34. The molecule has 0 N–H and O–H groups in total. The Bertz CT molecular complexity index is 849. The molecule has 1 saturated heterocycles. The summed E-state index contributed by atoms with van der Waals surface area (Å²) in [4.78, 5) is 15.6. The summed E-state index contributed by atoms with van der Waals surface area (Å²) in [7, 11) is 0. The van der Waals surface area contributed by atoms with E-state index in [9.17, 15) is 0 Å². The molecule has 0 saturated carbocycles. The van der Waals surface area contributed by atoms with Crippen LogP contribution in [0.25, 0.3) is 22.0 Å². The number of ether oxygens (including phenoxy) is 1. The fourth-order valence-electron chi connectivity index (χ4n) is 2.79. The largest absolute Gasteiger partial charge is 0.378 e. The van der Waals surface area contributed by atoms with E-state index in [1.807, 2.05) is 24.3 Å². The minimum absolute atomic E-state index is 0.502. The van der Waals surface area contributed by atoms with Crippen LogP contribution < -0.4 is 4.90 Å². The fraction of sp³-hybridized carbons (Fsp3) is 0.235. The van der Waals surface area contributed by atoms with Gasteiger partial charge < -0.3 is 9.64 Å². The van der Waals surface area contributed by atoms with Crippen molar-refractivity contribution < 1.29 is 4.74 Å². The minimum atomic E-state index is 0.502. The van der Waals surface area contributed by atoms with Gasteiger partial charge in [-0.25, -0.2) is 9.97 Å². The Morgan fingerprint density at radius 1 is 1.00 bits per heavy atom. The predicted octanol–water partition coefficient (Wildman–Crippen LogP) is 3.18. The molecule has 5 nitrogen and oxygen atoms in total. The molecular formula is C17H15ClN4O. The highest BCUT2D eigenvalue weighted by atomic mass is 35.5.